The Morgan fingerprint density at radius 3 is 2.76 bits per heavy atom. The monoisotopic (exact) mass is 237 g/mol. The third-order valence-corrected chi connectivity index (χ3v) is 3.12. The number of benzene rings is 1. The highest BCUT2D eigenvalue weighted by molar-refractivity contribution is 5.29. The van der Waals surface area contributed by atoms with Crippen LogP contribution in [0.2, 0.25) is 0 Å². The summed E-state index contributed by atoms with van der Waals surface area (Å²) in [6.07, 6.45) is 4.93. The predicted molar refractivity (Wildman–Crippen MR) is 66.7 cm³/mol. The van der Waals surface area contributed by atoms with E-state index < -0.39 is 0 Å². The first kappa shape index (κ1) is 12.4. The molecule has 0 heterocycles. The number of hydrogen-bond donors (Lipinski definition) is 1. The van der Waals surface area contributed by atoms with Crippen molar-refractivity contribution in [2.24, 2.45) is 0 Å². The van der Waals surface area contributed by atoms with Crippen LogP contribution >= 0.6 is 0 Å². The van der Waals surface area contributed by atoms with Gasteiger partial charge in [0, 0.05) is 12.6 Å². The van der Waals surface area contributed by atoms with Crippen LogP contribution in [0.1, 0.15) is 38.2 Å². The van der Waals surface area contributed by atoms with Gasteiger partial charge in [-0.05, 0) is 49.9 Å². The van der Waals surface area contributed by atoms with Crippen LogP contribution in [0.4, 0.5) is 4.39 Å². The van der Waals surface area contributed by atoms with Gasteiger partial charge in [0.05, 0.1) is 6.10 Å². The first-order valence-corrected chi connectivity index (χ1v) is 6.45. The SMILES string of the molecule is CCNCc1cc(F)cc(OC2CCCC2)c1. The fourth-order valence-electron chi connectivity index (χ4n) is 2.26. The fraction of sp³-hybridized carbons (Fsp3) is 0.571. The predicted octanol–water partition coefficient (Wildman–Crippen LogP) is 3.26. The van der Waals surface area contributed by atoms with Crippen LogP contribution in [-0.4, -0.2) is 12.6 Å². The summed E-state index contributed by atoms with van der Waals surface area (Å²) in [6, 6.07) is 4.97. The molecule has 0 saturated heterocycles. The van der Waals surface area contributed by atoms with Gasteiger partial charge in [0.15, 0.2) is 0 Å². The zero-order chi connectivity index (χ0) is 12.1. The number of ether oxygens (including phenoxy) is 1. The smallest absolute Gasteiger partial charge is 0.127 e. The van der Waals surface area contributed by atoms with E-state index in [0.717, 1.165) is 24.9 Å². The second-order valence-electron chi connectivity index (χ2n) is 4.60. The maximum absolute atomic E-state index is 13.4. The Hall–Kier alpha value is -1.09. The Morgan fingerprint density at radius 2 is 2.06 bits per heavy atom. The first-order chi connectivity index (χ1) is 8.28. The minimum absolute atomic E-state index is 0.214. The summed E-state index contributed by atoms with van der Waals surface area (Å²) in [4.78, 5) is 0. The van der Waals surface area contributed by atoms with Crippen LogP contribution in [0.5, 0.6) is 5.75 Å². The van der Waals surface area contributed by atoms with Gasteiger partial charge in [0.1, 0.15) is 11.6 Å². The van der Waals surface area contributed by atoms with Gasteiger partial charge in [0.2, 0.25) is 0 Å². The number of halogens is 1. The highest BCUT2D eigenvalue weighted by Gasteiger charge is 2.16. The average Bonchev–Trinajstić information content (AvgIpc) is 2.78. The Kier molecular flexibility index (Phi) is 4.37. The lowest BCUT2D eigenvalue weighted by Crippen LogP contribution is -2.13. The van der Waals surface area contributed by atoms with Crippen LogP contribution < -0.4 is 10.1 Å². The van der Waals surface area contributed by atoms with Crippen LogP contribution in [0.3, 0.4) is 0 Å². The highest BCUT2D eigenvalue weighted by Crippen LogP contribution is 2.25. The van der Waals surface area contributed by atoms with Crippen molar-refractivity contribution < 1.29 is 9.13 Å². The zero-order valence-corrected chi connectivity index (χ0v) is 10.3. The van der Waals surface area contributed by atoms with E-state index in [9.17, 15) is 4.39 Å². The van der Waals surface area contributed by atoms with E-state index in [0.29, 0.717) is 12.3 Å². The lowest BCUT2D eigenvalue weighted by molar-refractivity contribution is 0.209. The molecule has 0 unspecified atom stereocenters. The second kappa shape index (κ2) is 6.01. The molecule has 3 heteroatoms. The standard InChI is InChI=1S/C14H20FNO/c1-2-16-10-11-7-12(15)9-14(8-11)17-13-5-3-4-6-13/h7-9,13,16H,2-6,10H2,1H3. The lowest BCUT2D eigenvalue weighted by atomic mass is 10.2. The quantitative estimate of drug-likeness (QED) is 0.848. The third-order valence-electron chi connectivity index (χ3n) is 3.12. The maximum Gasteiger partial charge on any atom is 0.127 e. The van der Waals surface area contributed by atoms with Crippen molar-refractivity contribution in [2.75, 3.05) is 6.54 Å². The molecule has 94 valence electrons. The minimum atomic E-state index is -0.214. The molecular formula is C14H20FNO. The van der Waals surface area contributed by atoms with E-state index in [1.165, 1.54) is 18.9 Å². The van der Waals surface area contributed by atoms with Crippen LogP contribution in [-0.2, 0) is 6.54 Å². The van der Waals surface area contributed by atoms with Crippen LogP contribution in [0.25, 0.3) is 0 Å². The molecule has 0 amide bonds. The van der Waals surface area contributed by atoms with Crippen LogP contribution in [0.15, 0.2) is 18.2 Å². The minimum Gasteiger partial charge on any atom is -0.490 e. The van der Waals surface area contributed by atoms with Gasteiger partial charge in [-0.15, -0.1) is 0 Å². The summed E-state index contributed by atoms with van der Waals surface area (Å²) < 4.78 is 19.2. The van der Waals surface area contributed by atoms with Crippen molar-refractivity contribution in [3.05, 3.63) is 29.6 Å². The van der Waals surface area contributed by atoms with Crippen molar-refractivity contribution in [3.8, 4) is 5.75 Å². The Labute approximate surface area is 102 Å². The summed E-state index contributed by atoms with van der Waals surface area (Å²) >= 11 is 0. The number of nitrogens with one attached hydrogen (secondary N) is 1. The molecule has 1 aromatic rings. The summed E-state index contributed by atoms with van der Waals surface area (Å²) in [7, 11) is 0. The van der Waals surface area contributed by atoms with Crippen molar-refractivity contribution in [1.29, 1.82) is 0 Å². The van der Waals surface area contributed by atoms with Gasteiger partial charge in [0.25, 0.3) is 0 Å². The van der Waals surface area contributed by atoms with Gasteiger partial charge < -0.3 is 10.1 Å². The maximum atomic E-state index is 13.4. The lowest BCUT2D eigenvalue weighted by Gasteiger charge is -2.14. The molecule has 0 aliphatic heterocycles. The topological polar surface area (TPSA) is 21.3 Å². The third kappa shape index (κ3) is 3.70. The van der Waals surface area contributed by atoms with E-state index >= 15 is 0 Å². The van der Waals surface area contributed by atoms with Crippen molar-refractivity contribution in [1.82, 2.24) is 5.32 Å². The zero-order valence-electron chi connectivity index (χ0n) is 10.3. The molecule has 1 fully saturated rings. The van der Waals surface area contributed by atoms with Gasteiger partial charge in [-0.25, -0.2) is 4.39 Å². The molecule has 0 aromatic heterocycles. The van der Waals surface area contributed by atoms with Gasteiger partial charge >= 0.3 is 0 Å². The summed E-state index contributed by atoms with van der Waals surface area (Å²) in [5.74, 6) is 0.457. The first-order valence-electron chi connectivity index (χ1n) is 6.45. The van der Waals surface area contributed by atoms with E-state index in [1.54, 1.807) is 6.07 Å². The molecule has 1 N–H and O–H groups in total. The van der Waals surface area contributed by atoms with Gasteiger partial charge in [-0.1, -0.05) is 6.92 Å². The van der Waals surface area contributed by atoms with Crippen LogP contribution in [0, 0.1) is 5.82 Å². The molecule has 1 aliphatic rings. The Balaban J connectivity index is 2.02. The highest BCUT2D eigenvalue weighted by atomic mass is 19.1. The molecular weight excluding hydrogens is 217 g/mol. The molecule has 17 heavy (non-hydrogen) atoms. The molecule has 2 nitrogen and oxygen atoms in total. The molecule has 1 aliphatic carbocycles. The van der Waals surface area contributed by atoms with E-state index in [1.807, 2.05) is 13.0 Å². The molecule has 1 saturated carbocycles. The molecule has 0 bridgehead atoms. The number of hydrogen-bond acceptors (Lipinski definition) is 2. The summed E-state index contributed by atoms with van der Waals surface area (Å²) in [5.41, 5.74) is 0.944. The number of rotatable bonds is 5. The second-order valence-corrected chi connectivity index (χ2v) is 4.60. The van der Waals surface area contributed by atoms with E-state index in [2.05, 4.69) is 5.32 Å². The van der Waals surface area contributed by atoms with Crippen molar-refractivity contribution >= 4 is 0 Å². The normalized spacial score (nSPS) is 16.4. The Morgan fingerprint density at radius 1 is 1.29 bits per heavy atom. The molecule has 0 atom stereocenters. The van der Waals surface area contributed by atoms with E-state index in [4.69, 9.17) is 4.74 Å². The van der Waals surface area contributed by atoms with Crippen molar-refractivity contribution in [3.63, 3.8) is 0 Å². The molecule has 2 rings (SSSR count). The van der Waals surface area contributed by atoms with Crippen molar-refractivity contribution in [2.45, 2.75) is 45.3 Å². The Bertz CT molecular complexity index is 361. The fourth-order valence-corrected chi connectivity index (χ4v) is 2.26. The molecule has 0 radical (unpaired) electrons. The summed E-state index contributed by atoms with van der Waals surface area (Å²) in [5, 5.41) is 3.19. The van der Waals surface area contributed by atoms with Gasteiger partial charge in [-0.3, -0.25) is 0 Å². The van der Waals surface area contributed by atoms with Gasteiger partial charge in [-0.2, -0.15) is 0 Å². The molecule has 1 aromatic carbocycles. The largest absolute Gasteiger partial charge is 0.490 e. The summed E-state index contributed by atoms with van der Waals surface area (Å²) in [6.45, 7) is 3.61. The molecule has 0 spiro atoms. The average molecular weight is 237 g/mol. The van der Waals surface area contributed by atoms with E-state index in [-0.39, 0.29) is 11.9 Å².